The highest BCUT2D eigenvalue weighted by Gasteiger charge is 2.36. The first-order valence-electron chi connectivity index (χ1n) is 6.61. The molecule has 1 aliphatic rings. The molecule has 1 aliphatic heterocycles. The highest BCUT2D eigenvalue weighted by molar-refractivity contribution is 7.89. The minimum atomic E-state index is -3.69. The molecule has 0 bridgehead atoms. The molecule has 112 valence electrons. The van der Waals surface area contributed by atoms with Crippen molar-refractivity contribution in [3.63, 3.8) is 0 Å². The van der Waals surface area contributed by atoms with Gasteiger partial charge < -0.3 is 5.11 Å². The van der Waals surface area contributed by atoms with Gasteiger partial charge in [0.1, 0.15) is 9.77 Å². The summed E-state index contributed by atoms with van der Waals surface area (Å²) in [4.78, 5) is 10.9. The SMILES string of the molecule is CCC1(C)CCN(S(=O)(=O)c2ccsc2C(=O)O)CC1. The standard InChI is InChI=1S/C13H19NO4S2/c1-3-13(2)5-7-14(8-6-13)20(17,18)10-4-9-19-11(10)12(15)16/h4,9H,3,5-8H2,1-2H3,(H,15,16). The van der Waals surface area contributed by atoms with Crippen molar-refractivity contribution in [2.24, 2.45) is 5.41 Å². The molecule has 2 heterocycles. The Kier molecular flexibility index (Phi) is 4.22. The number of sulfonamides is 1. The van der Waals surface area contributed by atoms with Crippen LogP contribution in [0.5, 0.6) is 0 Å². The highest BCUT2D eigenvalue weighted by Crippen LogP contribution is 2.36. The van der Waals surface area contributed by atoms with Crippen molar-refractivity contribution < 1.29 is 18.3 Å². The summed E-state index contributed by atoms with van der Waals surface area (Å²) in [6.07, 6.45) is 2.66. The van der Waals surface area contributed by atoms with Crippen molar-refractivity contribution in [3.05, 3.63) is 16.3 Å². The zero-order valence-electron chi connectivity index (χ0n) is 11.6. The molecule has 0 spiro atoms. The van der Waals surface area contributed by atoms with Gasteiger partial charge in [-0.15, -0.1) is 11.3 Å². The summed E-state index contributed by atoms with van der Waals surface area (Å²) in [5.74, 6) is -1.19. The molecule has 0 saturated carbocycles. The fourth-order valence-corrected chi connectivity index (χ4v) is 5.09. The molecule has 0 unspecified atom stereocenters. The number of hydrogen-bond donors (Lipinski definition) is 1. The zero-order chi connectivity index (χ0) is 15.0. The molecule has 1 aromatic heterocycles. The maximum absolute atomic E-state index is 12.5. The minimum absolute atomic E-state index is 0.0740. The Morgan fingerprint density at radius 2 is 2.05 bits per heavy atom. The predicted octanol–water partition coefficient (Wildman–Crippen LogP) is 2.65. The van der Waals surface area contributed by atoms with E-state index in [9.17, 15) is 13.2 Å². The summed E-state index contributed by atoms with van der Waals surface area (Å²) in [5.41, 5.74) is 0.191. The maximum Gasteiger partial charge on any atom is 0.347 e. The molecular formula is C13H19NO4S2. The minimum Gasteiger partial charge on any atom is -0.477 e. The lowest BCUT2D eigenvalue weighted by molar-refractivity contribution is 0.0698. The van der Waals surface area contributed by atoms with Gasteiger partial charge in [0.05, 0.1) is 0 Å². The second-order valence-electron chi connectivity index (χ2n) is 5.49. The van der Waals surface area contributed by atoms with E-state index in [0.717, 1.165) is 30.6 Å². The van der Waals surface area contributed by atoms with Gasteiger partial charge in [-0.25, -0.2) is 13.2 Å². The Balaban J connectivity index is 2.24. The van der Waals surface area contributed by atoms with Crippen LogP contribution in [0.2, 0.25) is 0 Å². The third-order valence-corrected chi connectivity index (χ3v) is 7.20. The quantitative estimate of drug-likeness (QED) is 0.926. The van der Waals surface area contributed by atoms with Crippen molar-refractivity contribution in [2.75, 3.05) is 13.1 Å². The van der Waals surface area contributed by atoms with E-state index in [2.05, 4.69) is 13.8 Å². The summed E-state index contributed by atoms with van der Waals surface area (Å²) in [6.45, 7) is 5.21. The first-order valence-corrected chi connectivity index (χ1v) is 8.93. The molecule has 0 aliphatic carbocycles. The van der Waals surface area contributed by atoms with Crippen molar-refractivity contribution in [1.82, 2.24) is 4.31 Å². The van der Waals surface area contributed by atoms with E-state index in [0.29, 0.717) is 13.1 Å². The summed E-state index contributed by atoms with van der Waals surface area (Å²) >= 11 is 0.947. The molecule has 5 nitrogen and oxygen atoms in total. The average Bonchev–Trinajstić information content (AvgIpc) is 2.89. The van der Waals surface area contributed by atoms with Gasteiger partial charge in [-0.3, -0.25) is 0 Å². The van der Waals surface area contributed by atoms with E-state index in [1.54, 1.807) is 0 Å². The Bertz CT molecular complexity index is 598. The molecule has 0 aromatic carbocycles. The van der Waals surface area contributed by atoms with Gasteiger partial charge in [-0.05, 0) is 29.7 Å². The third kappa shape index (κ3) is 2.75. The van der Waals surface area contributed by atoms with Crippen LogP contribution >= 0.6 is 11.3 Å². The first kappa shape index (κ1) is 15.5. The van der Waals surface area contributed by atoms with Crippen molar-refractivity contribution >= 4 is 27.3 Å². The van der Waals surface area contributed by atoms with E-state index >= 15 is 0 Å². The van der Waals surface area contributed by atoms with Crippen LogP contribution in [-0.4, -0.2) is 36.9 Å². The lowest BCUT2D eigenvalue weighted by Crippen LogP contribution is -2.42. The van der Waals surface area contributed by atoms with E-state index in [1.165, 1.54) is 15.8 Å². The molecule has 0 atom stereocenters. The number of nitrogens with zero attached hydrogens (tertiary/aromatic N) is 1. The summed E-state index contributed by atoms with van der Waals surface area (Å²) < 4.78 is 26.5. The van der Waals surface area contributed by atoms with Crippen LogP contribution in [0.1, 0.15) is 42.8 Å². The number of hydrogen-bond acceptors (Lipinski definition) is 4. The summed E-state index contributed by atoms with van der Waals surface area (Å²) in [7, 11) is -3.69. The van der Waals surface area contributed by atoms with Crippen LogP contribution in [0, 0.1) is 5.41 Å². The van der Waals surface area contributed by atoms with E-state index in [-0.39, 0.29) is 15.2 Å². The lowest BCUT2D eigenvalue weighted by Gasteiger charge is -2.38. The molecule has 0 amide bonds. The molecule has 20 heavy (non-hydrogen) atoms. The van der Waals surface area contributed by atoms with Gasteiger partial charge in [0.2, 0.25) is 10.0 Å². The molecule has 0 radical (unpaired) electrons. The van der Waals surface area contributed by atoms with E-state index in [1.807, 2.05) is 0 Å². The summed E-state index contributed by atoms with van der Waals surface area (Å²) in [6, 6.07) is 1.39. The molecule has 1 saturated heterocycles. The van der Waals surface area contributed by atoms with Gasteiger partial charge >= 0.3 is 5.97 Å². The van der Waals surface area contributed by atoms with Crippen LogP contribution in [-0.2, 0) is 10.0 Å². The number of carboxylic acid groups (broad SMARTS) is 1. The largest absolute Gasteiger partial charge is 0.477 e. The number of rotatable bonds is 4. The van der Waals surface area contributed by atoms with Gasteiger partial charge in [-0.2, -0.15) is 4.31 Å². The highest BCUT2D eigenvalue weighted by atomic mass is 32.2. The Morgan fingerprint density at radius 1 is 1.45 bits per heavy atom. The predicted molar refractivity (Wildman–Crippen MR) is 77.7 cm³/mol. The van der Waals surface area contributed by atoms with Crippen LogP contribution in [0.4, 0.5) is 0 Å². The topological polar surface area (TPSA) is 74.7 Å². The Labute approximate surface area is 123 Å². The number of piperidine rings is 1. The van der Waals surface area contributed by atoms with Gasteiger partial charge in [0, 0.05) is 13.1 Å². The van der Waals surface area contributed by atoms with Crippen molar-refractivity contribution in [1.29, 1.82) is 0 Å². The van der Waals surface area contributed by atoms with Gasteiger partial charge in [0.15, 0.2) is 0 Å². The van der Waals surface area contributed by atoms with Gasteiger partial charge in [0.25, 0.3) is 0 Å². The van der Waals surface area contributed by atoms with Gasteiger partial charge in [-0.1, -0.05) is 20.3 Å². The average molecular weight is 317 g/mol. The smallest absolute Gasteiger partial charge is 0.347 e. The monoisotopic (exact) mass is 317 g/mol. The second-order valence-corrected chi connectivity index (χ2v) is 8.31. The number of carboxylic acids is 1. The van der Waals surface area contributed by atoms with Crippen LogP contribution in [0.3, 0.4) is 0 Å². The molecule has 1 N–H and O–H groups in total. The number of carbonyl (C=O) groups is 1. The van der Waals surface area contributed by atoms with E-state index in [4.69, 9.17) is 5.11 Å². The van der Waals surface area contributed by atoms with Crippen LogP contribution in [0.25, 0.3) is 0 Å². The Morgan fingerprint density at radius 3 is 2.55 bits per heavy atom. The zero-order valence-corrected chi connectivity index (χ0v) is 13.3. The van der Waals surface area contributed by atoms with Crippen molar-refractivity contribution in [2.45, 2.75) is 38.0 Å². The first-order chi connectivity index (χ1) is 9.30. The maximum atomic E-state index is 12.5. The number of thiophene rings is 1. The van der Waals surface area contributed by atoms with Crippen LogP contribution in [0.15, 0.2) is 16.3 Å². The fourth-order valence-electron chi connectivity index (χ4n) is 2.42. The van der Waals surface area contributed by atoms with Crippen molar-refractivity contribution in [3.8, 4) is 0 Å². The van der Waals surface area contributed by atoms with E-state index < -0.39 is 16.0 Å². The Hall–Kier alpha value is -0.920. The fraction of sp³-hybridized carbons (Fsp3) is 0.615. The van der Waals surface area contributed by atoms with Crippen LogP contribution < -0.4 is 0 Å². The molecular weight excluding hydrogens is 298 g/mol. The lowest BCUT2D eigenvalue weighted by atomic mass is 9.79. The molecule has 1 aromatic rings. The summed E-state index contributed by atoms with van der Waals surface area (Å²) in [5, 5.41) is 10.6. The molecule has 1 fully saturated rings. The number of aromatic carboxylic acids is 1. The molecule has 7 heteroatoms. The second kappa shape index (κ2) is 5.46. The molecule has 2 rings (SSSR count). The third-order valence-electron chi connectivity index (χ3n) is 4.22. The normalized spacial score (nSPS) is 19.9.